The number of rotatable bonds is 5. The molecule has 7 heteroatoms. The number of aromatic nitrogens is 2. The van der Waals surface area contributed by atoms with Crippen LogP contribution in [0.1, 0.15) is 11.1 Å². The van der Waals surface area contributed by atoms with E-state index in [2.05, 4.69) is 25.8 Å². The van der Waals surface area contributed by atoms with Crippen molar-refractivity contribution in [2.45, 2.75) is 16.9 Å². The molecule has 5 nitrogen and oxygen atoms in total. The second-order valence-electron chi connectivity index (χ2n) is 4.07. The molecule has 2 rings (SSSR count). The normalized spacial score (nSPS) is 11.7. The molecule has 0 aliphatic carbocycles. The van der Waals surface area contributed by atoms with Gasteiger partial charge in [0.15, 0.2) is 5.03 Å². The number of halogens is 1. The Labute approximate surface area is 120 Å². The van der Waals surface area contributed by atoms with Crippen molar-refractivity contribution in [2.24, 2.45) is 7.05 Å². The Hall–Kier alpha value is -1.18. The third-order valence-corrected chi connectivity index (χ3v) is 4.82. The van der Waals surface area contributed by atoms with Gasteiger partial charge >= 0.3 is 0 Å². The van der Waals surface area contributed by atoms with E-state index in [0.717, 1.165) is 16.5 Å². The van der Waals surface area contributed by atoms with Gasteiger partial charge in [-0.3, -0.25) is 4.68 Å². The number of hydrogen-bond donors (Lipinski definition) is 1. The lowest BCUT2D eigenvalue weighted by Crippen LogP contribution is -2.25. The van der Waals surface area contributed by atoms with Crippen LogP contribution >= 0.6 is 15.9 Å². The Bertz CT molecular complexity index is 650. The van der Waals surface area contributed by atoms with Gasteiger partial charge in [-0.25, -0.2) is 13.1 Å². The molecule has 0 aliphatic heterocycles. The molecular formula is C12H14BrN3O2S. The van der Waals surface area contributed by atoms with Gasteiger partial charge in [-0.05, 0) is 17.2 Å². The summed E-state index contributed by atoms with van der Waals surface area (Å²) in [6.45, 7) is 0.260. The van der Waals surface area contributed by atoms with Gasteiger partial charge in [-0.2, -0.15) is 5.10 Å². The molecule has 0 radical (unpaired) electrons. The van der Waals surface area contributed by atoms with Gasteiger partial charge in [0.25, 0.3) is 10.0 Å². The molecule has 19 heavy (non-hydrogen) atoms. The molecule has 1 N–H and O–H groups in total. The van der Waals surface area contributed by atoms with E-state index in [4.69, 9.17) is 0 Å². The molecule has 0 amide bonds. The minimum atomic E-state index is -3.52. The summed E-state index contributed by atoms with van der Waals surface area (Å²) in [7, 11) is -1.92. The molecule has 102 valence electrons. The standard InChI is InChI=1S/C12H14BrN3O2S/c1-16-12(6-7-14-16)19(17,18)15-9-11-4-2-10(8-13)3-5-11/h2-7,15H,8-9H2,1H3. The Morgan fingerprint density at radius 2 is 1.84 bits per heavy atom. The molecule has 0 bridgehead atoms. The first-order valence-electron chi connectivity index (χ1n) is 5.64. The maximum Gasteiger partial charge on any atom is 0.258 e. The Morgan fingerprint density at radius 1 is 1.21 bits per heavy atom. The summed E-state index contributed by atoms with van der Waals surface area (Å²) in [6.07, 6.45) is 1.46. The van der Waals surface area contributed by atoms with E-state index >= 15 is 0 Å². The van der Waals surface area contributed by atoms with Crippen LogP contribution in [0.3, 0.4) is 0 Å². The van der Waals surface area contributed by atoms with Crippen molar-refractivity contribution < 1.29 is 8.42 Å². The monoisotopic (exact) mass is 343 g/mol. The summed E-state index contributed by atoms with van der Waals surface area (Å²) in [4.78, 5) is 0. The SMILES string of the molecule is Cn1nccc1S(=O)(=O)NCc1ccc(CBr)cc1. The maximum atomic E-state index is 12.0. The number of alkyl halides is 1. The average molecular weight is 344 g/mol. The van der Waals surface area contributed by atoms with E-state index in [9.17, 15) is 8.42 Å². The number of sulfonamides is 1. The highest BCUT2D eigenvalue weighted by atomic mass is 79.9. The third kappa shape index (κ3) is 3.43. The summed E-state index contributed by atoms with van der Waals surface area (Å²) in [6, 6.07) is 9.20. The van der Waals surface area contributed by atoms with E-state index in [-0.39, 0.29) is 11.6 Å². The lowest BCUT2D eigenvalue weighted by Gasteiger charge is -2.07. The molecule has 1 aromatic carbocycles. The van der Waals surface area contributed by atoms with Crippen molar-refractivity contribution in [3.63, 3.8) is 0 Å². The lowest BCUT2D eigenvalue weighted by atomic mass is 10.2. The molecule has 0 saturated carbocycles. The van der Waals surface area contributed by atoms with Crippen LogP contribution in [-0.2, 0) is 28.9 Å². The van der Waals surface area contributed by atoms with Gasteiger partial charge in [0.1, 0.15) is 0 Å². The zero-order chi connectivity index (χ0) is 13.9. The largest absolute Gasteiger partial charge is 0.258 e. The summed E-state index contributed by atoms with van der Waals surface area (Å²) in [5.41, 5.74) is 2.06. The Balaban J connectivity index is 2.07. The number of nitrogens with zero attached hydrogens (tertiary/aromatic N) is 2. The van der Waals surface area contributed by atoms with Crippen LogP contribution in [0.2, 0.25) is 0 Å². The van der Waals surface area contributed by atoms with Crippen LogP contribution in [0, 0.1) is 0 Å². The van der Waals surface area contributed by atoms with E-state index in [1.807, 2.05) is 24.3 Å². The van der Waals surface area contributed by atoms with Crippen molar-refractivity contribution in [3.8, 4) is 0 Å². The van der Waals surface area contributed by atoms with E-state index in [1.54, 1.807) is 7.05 Å². The number of aryl methyl sites for hydroxylation is 1. The first kappa shape index (κ1) is 14.2. The second-order valence-corrected chi connectivity index (χ2v) is 6.34. The molecule has 1 heterocycles. The highest BCUT2D eigenvalue weighted by molar-refractivity contribution is 9.08. The smallest absolute Gasteiger partial charge is 0.256 e. The first-order chi connectivity index (χ1) is 9.03. The van der Waals surface area contributed by atoms with Crippen molar-refractivity contribution in [3.05, 3.63) is 47.7 Å². The van der Waals surface area contributed by atoms with Crippen LogP contribution in [0.5, 0.6) is 0 Å². The molecule has 0 atom stereocenters. The van der Waals surface area contributed by atoms with Gasteiger partial charge < -0.3 is 0 Å². The zero-order valence-electron chi connectivity index (χ0n) is 10.4. The van der Waals surface area contributed by atoms with E-state index < -0.39 is 10.0 Å². The van der Waals surface area contributed by atoms with Crippen LogP contribution in [0.4, 0.5) is 0 Å². The summed E-state index contributed by atoms with van der Waals surface area (Å²) in [5.74, 6) is 0. The minimum absolute atomic E-state index is 0.157. The highest BCUT2D eigenvalue weighted by Crippen LogP contribution is 2.10. The van der Waals surface area contributed by atoms with Crippen molar-refractivity contribution in [1.82, 2.24) is 14.5 Å². The third-order valence-electron chi connectivity index (χ3n) is 2.69. The fourth-order valence-electron chi connectivity index (χ4n) is 1.62. The van der Waals surface area contributed by atoms with Crippen molar-refractivity contribution >= 4 is 26.0 Å². The molecule has 0 aliphatic rings. The molecule has 0 fully saturated rings. The number of benzene rings is 1. The predicted octanol–water partition coefficient (Wildman–Crippen LogP) is 1.79. The van der Waals surface area contributed by atoms with E-state index in [0.29, 0.717) is 0 Å². The van der Waals surface area contributed by atoms with Crippen LogP contribution < -0.4 is 4.72 Å². The predicted molar refractivity (Wildman–Crippen MR) is 76.3 cm³/mol. The molecule has 1 aromatic heterocycles. The summed E-state index contributed by atoms with van der Waals surface area (Å²) >= 11 is 3.37. The summed E-state index contributed by atoms with van der Waals surface area (Å²) < 4.78 is 27.9. The molecule has 2 aromatic rings. The minimum Gasteiger partial charge on any atom is -0.256 e. The van der Waals surface area contributed by atoms with Gasteiger partial charge in [0.05, 0.1) is 6.20 Å². The van der Waals surface area contributed by atoms with Gasteiger partial charge in [0, 0.05) is 18.9 Å². The van der Waals surface area contributed by atoms with Crippen LogP contribution in [-0.4, -0.2) is 18.2 Å². The van der Waals surface area contributed by atoms with Gasteiger partial charge in [-0.15, -0.1) is 0 Å². The van der Waals surface area contributed by atoms with Crippen LogP contribution in [0.15, 0.2) is 41.6 Å². The van der Waals surface area contributed by atoms with E-state index in [1.165, 1.54) is 16.9 Å². The van der Waals surface area contributed by atoms with Crippen molar-refractivity contribution in [2.75, 3.05) is 0 Å². The lowest BCUT2D eigenvalue weighted by molar-refractivity contribution is 0.563. The fraction of sp³-hybridized carbons (Fsp3) is 0.250. The Morgan fingerprint density at radius 3 is 2.37 bits per heavy atom. The first-order valence-corrected chi connectivity index (χ1v) is 8.25. The number of nitrogens with one attached hydrogen (secondary N) is 1. The Kier molecular flexibility index (Phi) is 4.38. The van der Waals surface area contributed by atoms with Gasteiger partial charge in [0.2, 0.25) is 0 Å². The number of hydrogen-bond acceptors (Lipinski definition) is 3. The van der Waals surface area contributed by atoms with Crippen LogP contribution in [0.25, 0.3) is 0 Å². The quantitative estimate of drug-likeness (QED) is 0.842. The maximum absolute atomic E-state index is 12.0. The second kappa shape index (κ2) is 5.85. The molecule has 0 spiro atoms. The summed E-state index contributed by atoms with van der Waals surface area (Å²) in [5, 5.41) is 4.80. The topological polar surface area (TPSA) is 64.0 Å². The highest BCUT2D eigenvalue weighted by Gasteiger charge is 2.17. The fourth-order valence-corrected chi connectivity index (χ4v) is 3.14. The molecule has 0 unspecified atom stereocenters. The molecular weight excluding hydrogens is 330 g/mol. The average Bonchev–Trinajstić information content (AvgIpc) is 2.84. The zero-order valence-corrected chi connectivity index (χ0v) is 12.8. The van der Waals surface area contributed by atoms with Crippen molar-refractivity contribution in [1.29, 1.82) is 0 Å². The molecule has 0 saturated heterocycles. The van der Waals surface area contributed by atoms with Gasteiger partial charge in [-0.1, -0.05) is 40.2 Å².